The van der Waals surface area contributed by atoms with Crippen molar-refractivity contribution in [2.75, 3.05) is 5.32 Å². The molecule has 21 heavy (non-hydrogen) atoms. The summed E-state index contributed by atoms with van der Waals surface area (Å²) in [5, 5.41) is 4.11. The van der Waals surface area contributed by atoms with Crippen LogP contribution in [0.15, 0.2) is 36.4 Å². The molecule has 0 atom stereocenters. The van der Waals surface area contributed by atoms with Gasteiger partial charge in [-0.05, 0) is 59.3 Å². The van der Waals surface area contributed by atoms with Gasteiger partial charge in [0.25, 0.3) is 5.91 Å². The van der Waals surface area contributed by atoms with Crippen molar-refractivity contribution in [3.8, 4) is 0 Å². The highest BCUT2D eigenvalue weighted by Crippen LogP contribution is 2.30. The lowest BCUT2D eigenvalue weighted by Gasteiger charge is -2.03. The van der Waals surface area contributed by atoms with Crippen LogP contribution in [0, 0.1) is 10.5 Å². The number of fused-ring (bicyclic) bond motifs is 1. The molecule has 6 heteroatoms. The Labute approximate surface area is 144 Å². The quantitative estimate of drug-likeness (QED) is 0.576. The molecule has 0 aliphatic rings. The second kappa shape index (κ2) is 5.90. The standard InChI is InChI=1S/C15H10ClIN2OS/c1-8-6-13-12(7-10(8)16)18-15(21-13)19-14(20)9-4-2-3-5-11(9)17/h2-7H,1H3,(H,18,19,20). The Morgan fingerprint density at radius 2 is 2.10 bits per heavy atom. The molecule has 1 aromatic heterocycles. The Bertz CT molecular complexity index is 808. The van der Waals surface area contributed by atoms with Gasteiger partial charge < -0.3 is 0 Å². The number of thiazole rings is 1. The molecule has 0 saturated heterocycles. The number of aromatic nitrogens is 1. The second-order valence-corrected chi connectivity index (χ2v) is 7.12. The van der Waals surface area contributed by atoms with E-state index in [0.717, 1.165) is 19.4 Å². The van der Waals surface area contributed by atoms with Crippen LogP contribution in [0.4, 0.5) is 5.13 Å². The molecule has 1 heterocycles. The third-order valence-electron chi connectivity index (χ3n) is 3.01. The number of amides is 1. The number of halogens is 2. The summed E-state index contributed by atoms with van der Waals surface area (Å²) in [5.41, 5.74) is 2.45. The lowest BCUT2D eigenvalue weighted by atomic mass is 10.2. The summed E-state index contributed by atoms with van der Waals surface area (Å²) >= 11 is 9.69. The van der Waals surface area contributed by atoms with E-state index in [9.17, 15) is 4.79 Å². The number of hydrogen-bond donors (Lipinski definition) is 1. The second-order valence-electron chi connectivity index (χ2n) is 4.52. The minimum Gasteiger partial charge on any atom is -0.298 e. The zero-order valence-corrected chi connectivity index (χ0v) is 14.7. The number of anilines is 1. The van der Waals surface area contributed by atoms with Gasteiger partial charge in [-0.25, -0.2) is 4.98 Å². The highest BCUT2D eigenvalue weighted by atomic mass is 127. The number of nitrogens with one attached hydrogen (secondary N) is 1. The third kappa shape index (κ3) is 3.04. The van der Waals surface area contributed by atoms with Crippen molar-refractivity contribution < 1.29 is 4.79 Å². The van der Waals surface area contributed by atoms with Crippen molar-refractivity contribution in [2.24, 2.45) is 0 Å². The lowest BCUT2D eigenvalue weighted by Crippen LogP contribution is -2.12. The predicted octanol–water partition coefficient (Wildman–Crippen LogP) is 5.12. The van der Waals surface area contributed by atoms with Gasteiger partial charge in [0.05, 0.1) is 15.8 Å². The van der Waals surface area contributed by atoms with E-state index in [1.165, 1.54) is 11.3 Å². The molecular weight excluding hydrogens is 419 g/mol. The first-order chi connectivity index (χ1) is 10.0. The molecule has 1 amide bonds. The Kier molecular flexibility index (Phi) is 4.14. The molecule has 106 valence electrons. The molecule has 0 aliphatic carbocycles. The van der Waals surface area contributed by atoms with Crippen molar-refractivity contribution >= 4 is 66.8 Å². The summed E-state index contributed by atoms with van der Waals surface area (Å²) in [6.07, 6.45) is 0. The minimum atomic E-state index is -0.151. The van der Waals surface area contributed by atoms with Crippen LogP contribution in [0.2, 0.25) is 5.02 Å². The molecule has 0 aliphatic heterocycles. The molecule has 0 spiro atoms. The number of carbonyl (C=O) groups is 1. The fourth-order valence-corrected chi connectivity index (χ4v) is 3.64. The molecular formula is C15H10ClIN2OS. The molecule has 3 aromatic rings. The predicted molar refractivity (Wildman–Crippen MR) is 96.5 cm³/mol. The summed E-state index contributed by atoms with van der Waals surface area (Å²) in [5.74, 6) is -0.151. The average Bonchev–Trinajstić information content (AvgIpc) is 2.81. The molecule has 0 radical (unpaired) electrons. The van der Waals surface area contributed by atoms with Gasteiger partial charge >= 0.3 is 0 Å². The summed E-state index contributed by atoms with van der Waals surface area (Å²) < 4.78 is 1.92. The van der Waals surface area contributed by atoms with E-state index in [1.54, 1.807) is 6.07 Å². The minimum absolute atomic E-state index is 0.151. The maximum Gasteiger partial charge on any atom is 0.258 e. The van der Waals surface area contributed by atoms with Gasteiger partial charge in [0, 0.05) is 8.59 Å². The van der Waals surface area contributed by atoms with Crippen LogP contribution in [0.5, 0.6) is 0 Å². The van der Waals surface area contributed by atoms with Crippen LogP contribution in [0.1, 0.15) is 15.9 Å². The first-order valence-electron chi connectivity index (χ1n) is 6.17. The molecule has 0 unspecified atom stereocenters. The first kappa shape index (κ1) is 14.7. The molecule has 0 bridgehead atoms. The fraction of sp³-hybridized carbons (Fsp3) is 0.0667. The van der Waals surface area contributed by atoms with Crippen molar-refractivity contribution in [3.63, 3.8) is 0 Å². The van der Waals surface area contributed by atoms with Crippen LogP contribution >= 0.6 is 45.5 Å². The largest absolute Gasteiger partial charge is 0.298 e. The first-order valence-corrected chi connectivity index (χ1v) is 8.44. The topological polar surface area (TPSA) is 42.0 Å². The molecule has 3 rings (SSSR count). The van der Waals surface area contributed by atoms with E-state index < -0.39 is 0 Å². The van der Waals surface area contributed by atoms with Crippen LogP contribution in [0.3, 0.4) is 0 Å². The normalized spacial score (nSPS) is 10.8. The summed E-state index contributed by atoms with van der Waals surface area (Å²) in [6, 6.07) is 11.3. The highest BCUT2D eigenvalue weighted by molar-refractivity contribution is 14.1. The molecule has 0 fully saturated rings. The van der Waals surface area contributed by atoms with Gasteiger partial charge in [-0.3, -0.25) is 10.1 Å². The number of benzene rings is 2. The number of rotatable bonds is 2. The van der Waals surface area contributed by atoms with Crippen LogP contribution in [-0.4, -0.2) is 10.9 Å². The van der Waals surface area contributed by atoms with E-state index in [4.69, 9.17) is 11.6 Å². The SMILES string of the molecule is Cc1cc2sc(NC(=O)c3ccccc3I)nc2cc1Cl. The van der Waals surface area contributed by atoms with E-state index in [0.29, 0.717) is 15.7 Å². The van der Waals surface area contributed by atoms with E-state index in [2.05, 4.69) is 32.9 Å². The van der Waals surface area contributed by atoms with Gasteiger partial charge in [0.2, 0.25) is 0 Å². The van der Waals surface area contributed by atoms with Crippen LogP contribution in [0.25, 0.3) is 10.2 Å². The van der Waals surface area contributed by atoms with Crippen LogP contribution in [-0.2, 0) is 0 Å². The maximum absolute atomic E-state index is 12.3. The molecule has 2 aromatic carbocycles. The van der Waals surface area contributed by atoms with E-state index >= 15 is 0 Å². The number of nitrogens with zero attached hydrogens (tertiary/aromatic N) is 1. The number of carbonyl (C=O) groups excluding carboxylic acids is 1. The Hall–Kier alpha value is -1.18. The van der Waals surface area contributed by atoms with Crippen molar-refractivity contribution in [1.29, 1.82) is 0 Å². The van der Waals surface area contributed by atoms with Gasteiger partial charge in [0.1, 0.15) is 0 Å². The molecule has 3 nitrogen and oxygen atoms in total. The number of hydrogen-bond acceptors (Lipinski definition) is 3. The maximum atomic E-state index is 12.3. The van der Waals surface area contributed by atoms with Gasteiger partial charge in [-0.1, -0.05) is 35.1 Å². The number of aryl methyl sites for hydroxylation is 1. The lowest BCUT2D eigenvalue weighted by molar-refractivity contribution is 0.102. The summed E-state index contributed by atoms with van der Waals surface area (Å²) in [7, 11) is 0. The average molecular weight is 429 g/mol. The van der Waals surface area contributed by atoms with Gasteiger partial charge in [-0.15, -0.1) is 0 Å². The monoisotopic (exact) mass is 428 g/mol. The molecule has 0 saturated carbocycles. The Morgan fingerprint density at radius 3 is 2.86 bits per heavy atom. The van der Waals surface area contributed by atoms with Crippen LogP contribution < -0.4 is 5.32 Å². The van der Waals surface area contributed by atoms with E-state index in [1.807, 2.05) is 37.3 Å². The smallest absolute Gasteiger partial charge is 0.258 e. The molecule has 1 N–H and O–H groups in total. The Morgan fingerprint density at radius 1 is 1.33 bits per heavy atom. The fourth-order valence-electron chi connectivity index (χ4n) is 1.91. The van der Waals surface area contributed by atoms with Crippen molar-refractivity contribution in [3.05, 3.63) is 56.1 Å². The Balaban J connectivity index is 1.92. The van der Waals surface area contributed by atoms with E-state index in [-0.39, 0.29) is 5.91 Å². The van der Waals surface area contributed by atoms with Gasteiger partial charge in [0.15, 0.2) is 5.13 Å². The zero-order chi connectivity index (χ0) is 15.0. The van der Waals surface area contributed by atoms with Gasteiger partial charge in [-0.2, -0.15) is 0 Å². The van der Waals surface area contributed by atoms with Crippen molar-refractivity contribution in [2.45, 2.75) is 6.92 Å². The summed E-state index contributed by atoms with van der Waals surface area (Å²) in [6.45, 7) is 1.95. The third-order valence-corrected chi connectivity index (χ3v) is 5.29. The zero-order valence-electron chi connectivity index (χ0n) is 11.0. The highest BCUT2D eigenvalue weighted by Gasteiger charge is 2.13. The summed E-state index contributed by atoms with van der Waals surface area (Å²) in [4.78, 5) is 16.7. The van der Waals surface area contributed by atoms with Crippen molar-refractivity contribution in [1.82, 2.24) is 4.98 Å².